The van der Waals surface area contributed by atoms with Crippen LogP contribution in [0.1, 0.15) is 120 Å². The minimum atomic E-state index is -1.31. The van der Waals surface area contributed by atoms with Crippen molar-refractivity contribution in [3.63, 3.8) is 0 Å². The van der Waals surface area contributed by atoms with Crippen LogP contribution >= 0.6 is 0 Å². The molecule has 2 aromatic carbocycles. The summed E-state index contributed by atoms with van der Waals surface area (Å²) in [6, 6.07) is 4.86. The van der Waals surface area contributed by atoms with E-state index in [1.54, 1.807) is 0 Å². The first kappa shape index (κ1) is 28.8. The number of amides is 2. The third kappa shape index (κ3) is 7.29. The molecule has 36 heavy (non-hydrogen) atoms. The normalized spacial score (nSPS) is 12.7. The quantitative estimate of drug-likeness (QED) is 0.249. The van der Waals surface area contributed by atoms with Crippen molar-refractivity contribution in [2.24, 2.45) is 0 Å². The predicted molar refractivity (Wildman–Crippen MR) is 140 cm³/mol. The smallest absolute Gasteiger partial charge is 0.336 e. The lowest BCUT2D eigenvalue weighted by molar-refractivity contribution is 0.0684. The van der Waals surface area contributed by atoms with Gasteiger partial charge in [0.1, 0.15) is 0 Å². The van der Waals surface area contributed by atoms with Gasteiger partial charge in [-0.25, -0.2) is 9.59 Å². The molecule has 4 N–H and O–H groups in total. The van der Waals surface area contributed by atoms with Crippen LogP contribution in [0.3, 0.4) is 0 Å². The summed E-state index contributed by atoms with van der Waals surface area (Å²) in [6.45, 7) is 7.93. The second kappa shape index (κ2) is 13.6. The summed E-state index contributed by atoms with van der Waals surface area (Å²) in [5.74, 6) is -3.64. The lowest BCUT2D eigenvalue weighted by Gasteiger charge is -2.19. The van der Waals surface area contributed by atoms with Crippen LogP contribution < -0.4 is 10.6 Å². The maximum atomic E-state index is 13.2. The molecular weight excluding hydrogens is 460 g/mol. The van der Waals surface area contributed by atoms with Crippen LogP contribution in [-0.2, 0) is 0 Å². The minimum absolute atomic E-state index is 0.0281. The predicted octanol–water partition coefficient (Wildman–Crippen LogP) is 5.63. The van der Waals surface area contributed by atoms with Crippen molar-refractivity contribution in [2.75, 3.05) is 0 Å². The number of rotatable bonds is 14. The number of hydrogen-bond acceptors (Lipinski definition) is 4. The number of carboxylic acid groups (broad SMARTS) is 2. The number of carboxylic acids is 2. The van der Waals surface area contributed by atoms with E-state index in [1.807, 2.05) is 13.8 Å². The van der Waals surface area contributed by atoms with Crippen LogP contribution in [0.5, 0.6) is 0 Å². The SMILES string of the molecule is CCCCCC(C)NC(=O)c1ccc(C(=O)NC(C)CCCCC)c2c(C(=O)O)ccc(C(=O)O)c12. The van der Waals surface area contributed by atoms with Crippen LogP contribution in [-0.4, -0.2) is 46.0 Å². The summed E-state index contributed by atoms with van der Waals surface area (Å²) in [5, 5.41) is 25.4. The monoisotopic (exact) mass is 498 g/mol. The van der Waals surface area contributed by atoms with Gasteiger partial charge in [0.25, 0.3) is 11.8 Å². The Morgan fingerprint density at radius 3 is 1.28 bits per heavy atom. The van der Waals surface area contributed by atoms with Crippen LogP contribution in [0.4, 0.5) is 0 Å². The molecule has 2 atom stereocenters. The van der Waals surface area contributed by atoms with Gasteiger partial charge >= 0.3 is 11.9 Å². The molecule has 2 amide bonds. The summed E-state index contributed by atoms with van der Waals surface area (Å²) in [7, 11) is 0. The van der Waals surface area contributed by atoms with E-state index in [0.29, 0.717) is 0 Å². The maximum Gasteiger partial charge on any atom is 0.336 e. The molecule has 0 aliphatic rings. The molecule has 0 saturated heterocycles. The second-order valence-electron chi connectivity index (χ2n) is 9.42. The van der Waals surface area contributed by atoms with Crippen molar-refractivity contribution in [3.05, 3.63) is 46.5 Å². The highest BCUT2D eigenvalue weighted by Crippen LogP contribution is 2.31. The number of nitrogens with one attached hydrogen (secondary N) is 2. The molecule has 2 unspecified atom stereocenters. The number of carbonyl (C=O) groups excluding carboxylic acids is 2. The summed E-state index contributed by atoms with van der Waals surface area (Å²) in [5.41, 5.74) is -0.408. The fourth-order valence-electron chi connectivity index (χ4n) is 4.38. The lowest BCUT2D eigenvalue weighted by Crippen LogP contribution is -2.34. The van der Waals surface area contributed by atoms with Crippen molar-refractivity contribution in [3.8, 4) is 0 Å². The van der Waals surface area contributed by atoms with E-state index in [4.69, 9.17) is 0 Å². The largest absolute Gasteiger partial charge is 0.478 e. The van der Waals surface area contributed by atoms with Crippen LogP contribution in [0.25, 0.3) is 10.8 Å². The van der Waals surface area contributed by atoms with E-state index >= 15 is 0 Å². The molecule has 0 aliphatic heterocycles. The topological polar surface area (TPSA) is 133 Å². The molecule has 0 fully saturated rings. The van der Waals surface area contributed by atoms with Gasteiger partial charge in [0.05, 0.1) is 11.1 Å². The third-order valence-electron chi connectivity index (χ3n) is 6.35. The number of unbranched alkanes of at least 4 members (excludes halogenated alkanes) is 4. The lowest BCUT2D eigenvalue weighted by atomic mass is 9.90. The Labute approximate surface area is 212 Å². The molecule has 0 spiro atoms. The number of hydrogen-bond donors (Lipinski definition) is 4. The van der Waals surface area contributed by atoms with Gasteiger partial charge in [-0.1, -0.05) is 52.4 Å². The summed E-state index contributed by atoms with van der Waals surface area (Å²) in [4.78, 5) is 50.6. The first-order valence-corrected chi connectivity index (χ1v) is 12.8. The Morgan fingerprint density at radius 1 is 0.639 bits per heavy atom. The van der Waals surface area contributed by atoms with E-state index in [0.717, 1.165) is 51.4 Å². The zero-order chi connectivity index (χ0) is 26.8. The van der Waals surface area contributed by atoms with Crippen molar-refractivity contribution in [1.29, 1.82) is 0 Å². The number of fused-ring (bicyclic) bond motifs is 1. The van der Waals surface area contributed by atoms with Gasteiger partial charge in [0.15, 0.2) is 0 Å². The van der Waals surface area contributed by atoms with Crippen LogP contribution in [0.2, 0.25) is 0 Å². The third-order valence-corrected chi connectivity index (χ3v) is 6.35. The number of carbonyl (C=O) groups is 4. The average Bonchev–Trinajstić information content (AvgIpc) is 2.82. The van der Waals surface area contributed by atoms with Crippen molar-refractivity contribution in [1.82, 2.24) is 10.6 Å². The molecule has 8 nitrogen and oxygen atoms in total. The van der Waals surface area contributed by atoms with Crippen LogP contribution in [0.15, 0.2) is 24.3 Å². The van der Waals surface area contributed by atoms with Crippen LogP contribution in [0, 0.1) is 0 Å². The van der Waals surface area contributed by atoms with Crippen molar-refractivity contribution < 1.29 is 29.4 Å². The zero-order valence-corrected chi connectivity index (χ0v) is 21.6. The molecule has 196 valence electrons. The van der Waals surface area contributed by atoms with Gasteiger partial charge in [0, 0.05) is 34.0 Å². The molecule has 8 heteroatoms. The minimum Gasteiger partial charge on any atom is -0.478 e. The molecule has 0 radical (unpaired) electrons. The molecule has 0 aromatic heterocycles. The summed E-state index contributed by atoms with van der Waals surface area (Å²) in [6.07, 6.45) is 7.58. The van der Waals surface area contributed by atoms with E-state index < -0.39 is 23.8 Å². The molecule has 0 heterocycles. The van der Waals surface area contributed by atoms with E-state index in [9.17, 15) is 29.4 Å². The maximum absolute atomic E-state index is 13.2. The Bertz CT molecular complexity index is 1020. The van der Waals surface area contributed by atoms with E-state index in [-0.39, 0.29) is 45.1 Å². The average molecular weight is 499 g/mol. The number of benzene rings is 2. The highest BCUT2D eigenvalue weighted by molar-refractivity contribution is 6.23. The van der Waals surface area contributed by atoms with E-state index in [1.165, 1.54) is 24.3 Å². The molecule has 2 rings (SSSR count). The Kier molecular flexibility index (Phi) is 10.9. The first-order valence-electron chi connectivity index (χ1n) is 12.8. The second-order valence-corrected chi connectivity index (χ2v) is 9.42. The van der Waals surface area contributed by atoms with Gasteiger partial charge < -0.3 is 20.8 Å². The van der Waals surface area contributed by atoms with Gasteiger partial charge in [0.2, 0.25) is 0 Å². The standard InChI is InChI=1S/C28H38N2O6/c1-5-7-9-11-17(3)29-25(31)19-13-14-20(26(32)30-18(4)12-10-8-6-2)24-22(28(35)36)16-15-21(23(19)24)27(33)34/h13-18H,5-12H2,1-4H3,(H,29,31)(H,30,32)(H,33,34)(H,35,36). The zero-order valence-electron chi connectivity index (χ0n) is 21.6. The summed E-state index contributed by atoms with van der Waals surface area (Å²) < 4.78 is 0. The highest BCUT2D eigenvalue weighted by atomic mass is 16.4. The van der Waals surface area contributed by atoms with E-state index in [2.05, 4.69) is 24.5 Å². The van der Waals surface area contributed by atoms with Gasteiger partial charge in [-0.3, -0.25) is 9.59 Å². The Balaban J connectivity index is 2.59. The Hall–Kier alpha value is -3.42. The molecule has 0 aliphatic carbocycles. The fraction of sp³-hybridized carbons (Fsp3) is 0.500. The molecule has 2 aromatic rings. The molecule has 0 saturated carbocycles. The van der Waals surface area contributed by atoms with Gasteiger partial charge in [-0.2, -0.15) is 0 Å². The summed E-state index contributed by atoms with van der Waals surface area (Å²) >= 11 is 0. The Morgan fingerprint density at radius 2 is 0.972 bits per heavy atom. The van der Waals surface area contributed by atoms with Crippen molar-refractivity contribution in [2.45, 2.75) is 91.1 Å². The first-order chi connectivity index (χ1) is 17.1. The fourth-order valence-corrected chi connectivity index (χ4v) is 4.38. The molecule has 0 bridgehead atoms. The highest BCUT2D eigenvalue weighted by Gasteiger charge is 2.26. The van der Waals surface area contributed by atoms with Crippen molar-refractivity contribution >= 4 is 34.5 Å². The number of aromatic carboxylic acids is 2. The van der Waals surface area contributed by atoms with Gasteiger partial charge in [-0.15, -0.1) is 0 Å². The molecular formula is C28H38N2O6. The van der Waals surface area contributed by atoms with Gasteiger partial charge in [-0.05, 0) is 51.0 Å².